The average Bonchev–Trinajstić information content (AvgIpc) is 2.16. The lowest BCUT2D eigenvalue weighted by atomic mass is 9.90. The van der Waals surface area contributed by atoms with Crippen molar-refractivity contribution in [3.63, 3.8) is 0 Å². The SMILES string of the molecule is C[C@@H]1CCCN(C(=O)C(C)(C)CO)C1. The molecule has 1 heterocycles. The Morgan fingerprint density at radius 3 is 2.71 bits per heavy atom. The van der Waals surface area contributed by atoms with Crippen molar-refractivity contribution in [2.75, 3.05) is 19.7 Å². The van der Waals surface area contributed by atoms with Crippen LogP contribution in [0.2, 0.25) is 0 Å². The fourth-order valence-corrected chi connectivity index (χ4v) is 1.87. The van der Waals surface area contributed by atoms with Crippen LogP contribution in [0.4, 0.5) is 0 Å². The van der Waals surface area contributed by atoms with E-state index in [1.54, 1.807) is 13.8 Å². The Kier molecular flexibility index (Phi) is 3.53. The molecule has 0 saturated carbocycles. The lowest BCUT2D eigenvalue weighted by Gasteiger charge is -2.35. The minimum Gasteiger partial charge on any atom is -0.395 e. The molecule has 1 N–H and O–H groups in total. The molecule has 1 aliphatic heterocycles. The van der Waals surface area contributed by atoms with E-state index in [-0.39, 0.29) is 12.5 Å². The van der Waals surface area contributed by atoms with Gasteiger partial charge in [-0.15, -0.1) is 0 Å². The van der Waals surface area contributed by atoms with E-state index in [1.807, 2.05) is 4.90 Å². The third-order valence-electron chi connectivity index (χ3n) is 2.92. The van der Waals surface area contributed by atoms with E-state index < -0.39 is 5.41 Å². The fourth-order valence-electron chi connectivity index (χ4n) is 1.87. The Morgan fingerprint density at radius 2 is 2.21 bits per heavy atom. The number of hydrogen-bond acceptors (Lipinski definition) is 2. The number of carbonyl (C=O) groups excluding carboxylic acids is 1. The third-order valence-corrected chi connectivity index (χ3v) is 2.92. The highest BCUT2D eigenvalue weighted by molar-refractivity contribution is 5.82. The Morgan fingerprint density at radius 1 is 1.57 bits per heavy atom. The van der Waals surface area contributed by atoms with Gasteiger partial charge in [0.1, 0.15) is 0 Å². The molecule has 3 nitrogen and oxygen atoms in total. The highest BCUT2D eigenvalue weighted by Crippen LogP contribution is 2.23. The number of aliphatic hydroxyl groups is 1. The monoisotopic (exact) mass is 199 g/mol. The van der Waals surface area contributed by atoms with Gasteiger partial charge in [-0.1, -0.05) is 6.92 Å². The quantitative estimate of drug-likeness (QED) is 0.727. The number of aliphatic hydroxyl groups excluding tert-OH is 1. The molecule has 3 heteroatoms. The van der Waals surface area contributed by atoms with Crippen LogP contribution in [-0.2, 0) is 4.79 Å². The van der Waals surface area contributed by atoms with Crippen LogP contribution in [0.5, 0.6) is 0 Å². The maximum absolute atomic E-state index is 12.0. The number of carbonyl (C=O) groups is 1. The second-order valence-corrected chi connectivity index (χ2v) is 5.04. The summed E-state index contributed by atoms with van der Waals surface area (Å²) in [6, 6.07) is 0. The van der Waals surface area contributed by atoms with Crippen molar-refractivity contribution in [2.45, 2.75) is 33.6 Å². The summed E-state index contributed by atoms with van der Waals surface area (Å²) in [6.45, 7) is 7.40. The van der Waals surface area contributed by atoms with Crippen molar-refractivity contribution in [3.8, 4) is 0 Å². The van der Waals surface area contributed by atoms with E-state index in [0.29, 0.717) is 5.92 Å². The van der Waals surface area contributed by atoms with E-state index in [2.05, 4.69) is 6.92 Å². The van der Waals surface area contributed by atoms with Gasteiger partial charge < -0.3 is 10.0 Å². The van der Waals surface area contributed by atoms with Crippen LogP contribution in [0.1, 0.15) is 33.6 Å². The molecule has 1 atom stereocenters. The molecule has 0 aromatic heterocycles. The summed E-state index contributed by atoms with van der Waals surface area (Å²) in [5, 5.41) is 9.11. The smallest absolute Gasteiger partial charge is 0.230 e. The molecular formula is C11H21NO2. The Balaban J connectivity index is 2.60. The number of piperidine rings is 1. The van der Waals surface area contributed by atoms with E-state index in [4.69, 9.17) is 5.11 Å². The van der Waals surface area contributed by atoms with Gasteiger partial charge >= 0.3 is 0 Å². The molecule has 0 radical (unpaired) electrons. The first-order valence-electron chi connectivity index (χ1n) is 5.37. The summed E-state index contributed by atoms with van der Waals surface area (Å²) >= 11 is 0. The summed E-state index contributed by atoms with van der Waals surface area (Å²) in [7, 11) is 0. The molecule has 0 aromatic rings. The van der Waals surface area contributed by atoms with Gasteiger partial charge in [0.15, 0.2) is 0 Å². The van der Waals surface area contributed by atoms with Crippen molar-refractivity contribution < 1.29 is 9.90 Å². The maximum Gasteiger partial charge on any atom is 0.230 e. The van der Waals surface area contributed by atoms with Crippen LogP contribution in [0.3, 0.4) is 0 Å². The van der Waals surface area contributed by atoms with Crippen LogP contribution < -0.4 is 0 Å². The van der Waals surface area contributed by atoms with E-state index in [9.17, 15) is 4.79 Å². The van der Waals surface area contributed by atoms with Crippen molar-refractivity contribution in [2.24, 2.45) is 11.3 Å². The minimum atomic E-state index is -0.614. The van der Waals surface area contributed by atoms with Crippen LogP contribution in [-0.4, -0.2) is 35.6 Å². The first kappa shape index (κ1) is 11.5. The average molecular weight is 199 g/mol. The van der Waals surface area contributed by atoms with Gasteiger partial charge in [-0.25, -0.2) is 0 Å². The number of likely N-dealkylation sites (tertiary alicyclic amines) is 1. The topological polar surface area (TPSA) is 40.5 Å². The fraction of sp³-hybridized carbons (Fsp3) is 0.909. The number of hydrogen-bond donors (Lipinski definition) is 1. The molecular weight excluding hydrogens is 178 g/mol. The zero-order valence-electron chi connectivity index (χ0n) is 9.42. The Hall–Kier alpha value is -0.570. The summed E-state index contributed by atoms with van der Waals surface area (Å²) < 4.78 is 0. The lowest BCUT2D eigenvalue weighted by molar-refractivity contribution is -0.144. The number of rotatable bonds is 2. The zero-order chi connectivity index (χ0) is 10.8. The first-order chi connectivity index (χ1) is 6.47. The number of amides is 1. The van der Waals surface area contributed by atoms with Gasteiger partial charge in [-0.2, -0.15) is 0 Å². The standard InChI is InChI=1S/C11H21NO2/c1-9-5-4-6-12(7-9)10(14)11(2,3)8-13/h9,13H,4-8H2,1-3H3/t9-/m1/s1. The summed E-state index contributed by atoms with van der Waals surface area (Å²) in [6.07, 6.45) is 2.30. The largest absolute Gasteiger partial charge is 0.395 e. The van der Waals surface area contributed by atoms with Crippen molar-refractivity contribution in [3.05, 3.63) is 0 Å². The Labute approximate surface area is 86.1 Å². The molecule has 0 bridgehead atoms. The maximum atomic E-state index is 12.0. The molecule has 14 heavy (non-hydrogen) atoms. The summed E-state index contributed by atoms with van der Waals surface area (Å²) in [5.41, 5.74) is -0.614. The molecule has 1 rings (SSSR count). The van der Waals surface area contributed by atoms with Crippen LogP contribution in [0, 0.1) is 11.3 Å². The van der Waals surface area contributed by atoms with Crippen LogP contribution in [0.25, 0.3) is 0 Å². The summed E-state index contributed by atoms with van der Waals surface area (Å²) in [4.78, 5) is 13.9. The summed E-state index contributed by atoms with van der Waals surface area (Å²) in [5.74, 6) is 0.689. The second-order valence-electron chi connectivity index (χ2n) is 5.04. The van der Waals surface area contributed by atoms with Gasteiger partial charge in [-0.3, -0.25) is 4.79 Å². The first-order valence-corrected chi connectivity index (χ1v) is 5.37. The van der Waals surface area contributed by atoms with E-state index in [1.165, 1.54) is 6.42 Å². The van der Waals surface area contributed by atoms with Gasteiger partial charge in [0, 0.05) is 13.1 Å². The number of nitrogens with zero attached hydrogens (tertiary/aromatic N) is 1. The van der Waals surface area contributed by atoms with Gasteiger partial charge in [0.25, 0.3) is 0 Å². The highest BCUT2D eigenvalue weighted by Gasteiger charge is 2.32. The van der Waals surface area contributed by atoms with Crippen molar-refractivity contribution in [1.82, 2.24) is 4.90 Å². The molecule has 1 aliphatic rings. The highest BCUT2D eigenvalue weighted by atomic mass is 16.3. The van der Waals surface area contributed by atoms with Crippen molar-refractivity contribution in [1.29, 1.82) is 0 Å². The van der Waals surface area contributed by atoms with Gasteiger partial charge in [0.2, 0.25) is 5.91 Å². The van der Waals surface area contributed by atoms with Crippen LogP contribution in [0.15, 0.2) is 0 Å². The van der Waals surface area contributed by atoms with Gasteiger partial charge in [-0.05, 0) is 32.6 Å². The Bertz CT molecular complexity index is 213. The third kappa shape index (κ3) is 2.47. The predicted octanol–water partition coefficient (Wildman–Crippen LogP) is 1.26. The molecule has 1 saturated heterocycles. The van der Waals surface area contributed by atoms with Crippen LogP contribution >= 0.6 is 0 Å². The molecule has 0 unspecified atom stereocenters. The van der Waals surface area contributed by atoms with E-state index in [0.717, 1.165) is 19.5 Å². The van der Waals surface area contributed by atoms with E-state index >= 15 is 0 Å². The predicted molar refractivity (Wildman–Crippen MR) is 55.8 cm³/mol. The molecule has 0 spiro atoms. The molecule has 1 fully saturated rings. The molecule has 0 aliphatic carbocycles. The lowest BCUT2D eigenvalue weighted by Crippen LogP contribution is -2.47. The van der Waals surface area contributed by atoms with Crippen molar-refractivity contribution >= 4 is 5.91 Å². The zero-order valence-corrected chi connectivity index (χ0v) is 9.42. The minimum absolute atomic E-state index is 0.0727. The molecule has 1 amide bonds. The van der Waals surface area contributed by atoms with Gasteiger partial charge in [0.05, 0.1) is 12.0 Å². The molecule has 0 aromatic carbocycles. The normalized spacial score (nSPS) is 23.7. The second kappa shape index (κ2) is 4.30. The molecule has 82 valence electrons.